The predicted octanol–water partition coefficient (Wildman–Crippen LogP) is 3.13. The number of carbonyl (C=O) groups excluding carboxylic acids is 1. The maximum atomic E-state index is 13.9. The number of morpholine rings is 1. The van der Waals surface area contributed by atoms with Gasteiger partial charge in [-0.1, -0.05) is 24.3 Å². The van der Waals surface area contributed by atoms with Crippen LogP contribution in [0.25, 0.3) is 0 Å². The van der Waals surface area contributed by atoms with E-state index in [9.17, 15) is 9.18 Å². The zero-order valence-electron chi connectivity index (χ0n) is 12.8. The minimum absolute atomic E-state index is 0.257. The Morgan fingerprint density at radius 1 is 1.30 bits per heavy atom. The first-order valence-corrected chi connectivity index (χ1v) is 7.49. The fraction of sp³-hybridized carbons (Fsp3) is 0.294. The van der Waals surface area contributed by atoms with Crippen molar-refractivity contribution in [1.29, 1.82) is 0 Å². The van der Waals surface area contributed by atoms with Crippen LogP contribution in [-0.2, 0) is 4.74 Å². The van der Waals surface area contributed by atoms with Crippen molar-refractivity contribution in [3.05, 3.63) is 59.5 Å². The highest BCUT2D eigenvalue weighted by atomic mass is 19.1. The highest BCUT2D eigenvalue weighted by Gasteiger charge is 2.27. The van der Waals surface area contributed by atoms with Gasteiger partial charge < -0.3 is 9.64 Å². The van der Waals surface area contributed by atoms with E-state index < -0.39 is 6.10 Å². The van der Waals surface area contributed by atoms with Crippen LogP contribution in [0.15, 0.2) is 42.5 Å². The summed E-state index contributed by atoms with van der Waals surface area (Å²) in [4.78, 5) is 18.2. The van der Waals surface area contributed by atoms with E-state index in [1.54, 1.807) is 29.2 Å². The molecule has 1 unspecified atom stereocenters. The molecule has 1 aromatic carbocycles. The van der Waals surface area contributed by atoms with E-state index in [2.05, 4.69) is 10.3 Å². The molecule has 2 heterocycles. The number of benzene rings is 1. The van der Waals surface area contributed by atoms with E-state index >= 15 is 0 Å². The second-order valence-electron chi connectivity index (χ2n) is 5.42. The molecule has 23 heavy (non-hydrogen) atoms. The van der Waals surface area contributed by atoms with Crippen LogP contribution in [0.5, 0.6) is 0 Å². The van der Waals surface area contributed by atoms with E-state index in [0.717, 1.165) is 5.69 Å². The van der Waals surface area contributed by atoms with E-state index in [1.807, 2.05) is 19.1 Å². The van der Waals surface area contributed by atoms with E-state index in [1.165, 1.54) is 6.07 Å². The number of nitrogens with one attached hydrogen (secondary N) is 1. The lowest BCUT2D eigenvalue weighted by molar-refractivity contribution is -0.0152. The van der Waals surface area contributed by atoms with E-state index in [-0.39, 0.29) is 11.8 Å². The molecule has 1 saturated heterocycles. The zero-order valence-corrected chi connectivity index (χ0v) is 12.8. The Bertz CT molecular complexity index is 708. The third-order valence-corrected chi connectivity index (χ3v) is 3.73. The number of aryl methyl sites for hydroxylation is 1. The number of halogens is 1. The van der Waals surface area contributed by atoms with Gasteiger partial charge in [-0.25, -0.2) is 14.2 Å². The minimum Gasteiger partial charge on any atom is -0.370 e. The summed E-state index contributed by atoms with van der Waals surface area (Å²) in [5.74, 6) is 0.184. The quantitative estimate of drug-likeness (QED) is 0.926. The summed E-state index contributed by atoms with van der Waals surface area (Å²) in [5, 5.41) is 2.77. The minimum atomic E-state index is -0.457. The van der Waals surface area contributed by atoms with Crippen LogP contribution in [0, 0.1) is 12.7 Å². The molecule has 5 nitrogen and oxygen atoms in total. The lowest BCUT2D eigenvalue weighted by Gasteiger charge is -2.33. The van der Waals surface area contributed by atoms with Gasteiger partial charge in [0.05, 0.1) is 13.2 Å². The number of carbonyl (C=O) groups is 1. The number of rotatable bonds is 2. The largest absolute Gasteiger partial charge is 0.370 e. The first kappa shape index (κ1) is 15.4. The van der Waals surface area contributed by atoms with Crippen LogP contribution in [0.3, 0.4) is 0 Å². The molecule has 1 aliphatic heterocycles. The molecule has 1 aliphatic rings. The number of nitrogens with zero attached hydrogens (tertiary/aromatic N) is 2. The molecule has 1 N–H and O–H groups in total. The molecule has 1 aromatic heterocycles. The predicted molar refractivity (Wildman–Crippen MR) is 84.7 cm³/mol. The first-order chi connectivity index (χ1) is 11.1. The summed E-state index contributed by atoms with van der Waals surface area (Å²) < 4.78 is 19.5. The Kier molecular flexibility index (Phi) is 4.52. The van der Waals surface area contributed by atoms with Gasteiger partial charge in [-0.3, -0.25) is 5.32 Å². The summed E-state index contributed by atoms with van der Waals surface area (Å²) in [6.45, 7) is 2.99. The molecule has 0 spiro atoms. The molecule has 2 aromatic rings. The molecule has 3 rings (SSSR count). The molecule has 0 aliphatic carbocycles. The van der Waals surface area contributed by atoms with Gasteiger partial charge in [0, 0.05) is 17.8 Å². The third kappa shape index (κ3) is 3.65. The molecule has 120 valence electrons. The normalized spacial score (nSPS) is 17.8. The number of amides is 2. The Balaban J connectivity index is 1.68. The van der Waals surface area contributed by atoms with Crippen molar-refractivity contribution < 1.29 is 13.9 Å². The number of urea groups is 1. The topological polar surface area (TPSA) is 54.5 Å². The van der Waals surface area contributed by atoms with Gasteiger partial charge in [0.2, 0.25) is 0 Å². The number of hydrogen-bond acceptors (Lipinski definition) is 3. The molecule has 6 heteroatoms. The van der Waals surface area contributed by atoms with E-state index in [0.29, 0.717) is 31.1 Å². The fourth-order valence-corrected chi connectivity index (χ4v) is 2.56. The average molecular weight is 315 g/mol. The molecular formula is C17H18FN3O2. The van der Waals surface area contributed by atoms with Crippen molar-refractivity contribution in [3.63, 3.8) is 0 Å². The molecular weight excluding hydrogens is 297 g/mol. The average Bonchev–Trinajstić information content (AvgIpc) is 2.55. The number of anilines is 1. The monoisotopic (exact) mass is 315 g/mol. The molecule has 0 radical (unpaired) electrons. The first-order valence-electron chi connectivity index (χ1n) is 7.49. The summed E-state index contributed by atoms with van der Waals surface area (Å²) in [5.41, 5.74) is 1.30. The Hall–Kier alpha value is -2.47. The van der Waals surface area contributed by atoms with Crippen molar-refractivity contribution >= 4 is 11.8 Å². The van der Waals surface area contributed by atoms with Gasteiger partial charge in [-0.05, 0) is 25.1 Å². The Morgan fingerprint density at radius 2 is 2.13 bits per heavy atom. The van der Waals surface area contributed by atoms with Gasteiger partial charge in [-0.2, -0.15) is 0 Å². The third-order valence-electron chi connectivity index (χ3n) is 3.73. The maximum absolute atomic E-state index is 13.9. The van der Waals surface area contributed by atoms with E-state index in [4.69, 9.17) is 4.74 Å². The van der Waals surface area contributed by atoms with Crippen LogP contribution in [0.1, 0.15) is 17.4 Å². The summed E-state index contributed by atoms with van der Waals surface area (Å²) in [7, 11) is 0. The molecule has 1 atom stereocenters. The highest BCUT2D eigenvalue weighted by molar-refractivity contribution is 5.88. The van der Waals surface area contributed by atoms with Crippen molar-refractivity contribution in [1.82, 2.24) is 9.88 Å². The number of hydrogen-bond donors (Lipinski definition) is 1. The summed E-state index contributed by atoms with van der Waals surface area (Å²) in [6.07, 6.45) is -0.457. The molecule has 0 bridgehead atoms. The van der Waals surface area contributed by atoms with Gasteiger partial charge >= 0.3 is 6.03 Å². The maximum Gasteiger partial charge on any atom is 0.323 e. The SMILES string of the molecule is Cc1cccc(NC(=O)N2CCOC(c3ccccc3F)C2)n1. The zero-order chi connectivity index (χ0) is 16.2. The molecule has 2 amide bonds. The second-order valence-corrected chi connectivity index (χ2v) is 5.42. The van der Waals surface area contributed by atoms with Crippen LogP contribution in [0.4, 0.5) is 15.0 Å². The van der Waals surface area contributed by atoms with Gasteiger partial charge in [0.1, 0.15) is 17.7 Å². The van der Waals surface area contributed by atoms with Crippen LogP contribution >= 0.6 is 0 Å². The number of aromatic nitrogens is 1. The lowest BCUT2D eigenvalue weighted by atomic mass is 10.1. The lowest BCUT2D eigenvalue weighted by Crippen LogP contribution is -2.44. The van der Waals surface area contributed by atoms with Crippen LogP contribution in [0.2, 0.25) is 0 Å². The van der Waals surface area contributed by atoms with Gasteiger partial charge in [0.25, 0.3) is 0 Å². The summed E-state index contributed by atoms with van der Waals surface area (Å²) >= 11 is 0. The highest BCUT2D eigenvalue weighted by Crippen LogP contribution is 2.24. The second kappa shape index (κ2) is 6.75. The molecule has 0 saturated carbocycles. The van der Waals surface area contributed by atoms with Crippen molar-refractivity contribution in [2.24, 2.45) is 0 Å². The smallest absolute Gasteiger partial charge is 0.323 e. The Morgan fingerprint density at radius 3 is 2.91 bits per heavy atom. The fourth-order valence-electron chi connectivity index (χ4n) is 2.56. The summed E-state index contributed by atoms with van der Waals surface area (Å²) in [6, 6.07) is 11.6. The van der Waals surface area contributed by atoms with Crippen molar-refractivity contribution in [2.45, 2.75) is 13.0 Å². The van der Waals surface area contributed by atoms with Crippen molar-refractivity contribution in [3.8, 4) is 0 Å². The molecule has 1 fully saturated rings. The van der Waals surface area contributed by atoms with Crippen molar-refractivity contribution in [2.75, 3.05) is 25.0 Å². The standard InChI is InChI=1S/C17H18FN3O2/c1-12-5-4-8-16(19-12)20-17(22)21-9-10-23-15(11-21)13-6-2-3-7-14(13)18/h2-8,15H,9-11H2,1H3,(H,19,20,22). The van der Waals surface area contributed by atoms with Crippen LogP contribution in [-0.4, -0.2) is 35.6 Å². The number of pyridine rings is 1. The number of ether oxygens (including phenoxy) is 1. The van der Waals surface area contributed by atoms with Gasteiger partial charge in [-0.15, -0.1) is 0 Å². The van der Waals surface area contributed by atoms with Crippen LogP contribution < -0.4 is 5.32 Å². The van der Waals surface area contributed by atoms with Gasteiger partial charge in [0.15, 0.2) is 0 Å². The Labute approximate surface area is 134 Å².